The van der Waals surface area contributed by atoms with Crippen LogP contribution in [-0.4, -0.2) is 35.3 Å². The first kappa shape index (κ1) is 13.7. The summed E-state index contributed by atoms with van der Waals surface area (Å²) in [7, 11) is -3.65. The van der Waals surface area contributed by atoms with Gasteiger partial charge in [0.2, 0.25) is 15.0 Å². The molecule has 5 nitrogen and oxygen atoms in total. The van der Waals surface area contributed by atoms with Gasteiger partial charge >= 0.3 is 0 Å². The number of aliphatic hydroxyl groups excluding tert-OH is 1. The second-order valence-electron chi connectivity index (χ2n) is 4.24. The lowest BCUT2D eigenvalue weighted by molar-refractivity contribution is 0.218. The Hall–Kier alpha value is -1.73. The molecule has 0 aliphatic rings. The maximum atomic E-state index is 12.8. The monoisotopic (exact) mass is 284 g/mol. The van der Waals surface area contributed by atoms with Crippen molar-refractivity contribution in [3.05, 3.63) is 36.3 Å². The summed E-state index contributed by atoms with van der Waals surface area (Å²) in [5, 5.41) is 8.94. The summed E-state index contributed by atoms with van der Waals surface area (Å²) in [6, 6.07) is 5.60. The Balaban J connectivity index is 2.31. The highest BCUT2D eigenvalue weighted by atomic mass is 32.2. The van der Waals surface area contributed by atoms with Crippen LogP contribution in [0.2, 0.25) is 0 Å². The molecule has 102 valence electrons. The molecule has 0 amide bonds. The van der Waals surface area contributed by atoms with Gasteiger partial charge < -0.3 is 10.1 Å². The fourth-order valence-corrected chi connectivity index (χ4v) is 2.91. The van der Waals surface area contributed by atoms with Crippen LogP contribution < -0.4 is 0 Å². The molecule has 0 saturated carbocycles. The zero-order valence-corrected chi connectivity index (χ0v) is 11.0. The molecule has 0 fully saturated rings. The van der Waals surface area contributed by atoms with Crippen LogP contribution in [0.3, 0.4) is 0 Å². The standard InChI is InChI=1S/C12H13FN2O3S/c1-8(16)7-19(17,18)12-14-6-11(15-12)9-2-4-10(13)5-3-9/h2-6,8,16H,7H2,1H3,(H,14,15)/t8-/m0/s1. The van der Waals surface area contributed by atoms with E-state index < -0.39 is 21.7 Å². The first-order chi connectivity index (χ1) is 8.88. The predicted octanol–water partition coefficient (Wildman–Crippen LogP) is 1.37. The molecule has 7 heteroatoms. The van der Waals surface area contributed by atoms with Crippen LogP contribution in [0.15, 0.2) is 35.6 Å². The number of benzene rings is 1. The molecule has 0 aliphatic carbocycles. The number of aliphatic hydroxyl groups is 1. The Labute approximate surface area is 110 Å². The van der Waals surface area contributed by atoms with Crippen molar-refractivity contribution in [1.82, 2.24) is 9.97 Å². The van der Waals surface area contributed by atoms with E-state index in [2.05, 4.69) is 9.97 Å². The maximum Gasteiger partial charge on any atom is 0.225 e. The van der Waals surface area contributed by atoms with Gasteiger partial charge in [0.05, 0.1) is 23.7 Å². The molecular weight excluding hydrogens is 271 g/mol. The average molecular weight is 284 g/mol. The van der Waals surface area contributed by atoms with E-state index in [1.54, 1.807) is 0 Å². The van der Waals surface area contributed by atoms with E-state index in [9.17, 15) is 12.8 Å². The number of imidazole rings is 1. The lowest BCUT2D eigenvalue weighted by Crippen LogP contribution is -2.18. The molecule has 0 unspecified atom stereocenters. The van der Waals surface area contributed by atoms with Gasteiger partial charge in [-0.15, -0.1) is 0 Å². The molecular formula is C12H13FN2O3S. The number of nitrogens with zero attached hydrogens (tertiary/aromatic N) is 1. The lowest BCUT2D eigenvalue weighted by atomic mass is 10.2. The number of hydrogen-bond donors (Lipinski definition) is 2. The van der Waals surface area contributed by atoms with Gasteiger partial charge in [-0.3, -0.25) is 0 Å². The van der Waals surface area contributed by atoms with Crippen LogP contribution in [0.5, 0.6) is 0 Å². The summed E-state index contributed by atoms with van der Waals surface area (Å²) in [5.74, 6) is -0.770. The van der Waals surface area contributed by atoms with Gasteiger partial charge in [0.15, 0.2) is 0 Å². The predicted molar refractivity (Wildman–Crippen MR) is 67.7 cm³/mol. The molecule has 0 radical (unpaired) electrons. The van der Waals surface area contributed by atoms with Crippen LogP contribution in [-0.2, 0) is 9.84 Å². The third kappa shape index (κ3) is 3.18. The summed E-state index contributed by atoms with van der Waals surface area (Å²) in [4.78, 5) is 6.45. The third-order valence-electron chi connectivity index (χ3n) is 2.46. The van der Waals surface area contributed by atoms with Crippen molar-refractivity contribution in [1.29, 1.82) is 0 Å². The van der Waals surface area contributed by atoms with E-state index in [1.807, 2.05) is 0 Å². The lowest BCUT2D eigenvalue weighted by Gasteiger charge is -2.03. The van der Waals surface area contributed by atoms with E-state index in [-0.39, 0.29) is 11.0 Å². The van der Waals surface area contributed by atoms with Crippen LogP contribution >= 0.6 is 0 Å². The van der Waals surface area contributed by atoms with Crippen LogP contribution in [0.4, 0.5) is 4.39 Å². The second-order valence-corrected chi connectivity index (χ2v) is 6.19. The van der Waals surface area contributed by atoms with Crippen molar-refractivity contribution in [2.45, 2.75) is 18.2 Å². The van der Waals surface area contributed by atoms with Gasteiger partial charge in [0.25, 0.3) is 0 Å². The van der Waals surface area contributed by atoms with Gasteiger partial charge in [-0.2, -0.15) is 0 Å². The topological polar surface area (TPSA) is 83.0 Å². The Morgan fingerprint density at radius 2 is 2.00 bits per heavy atom. The Bertz CT molecular complexity index is 663. The number of hydrogen-bond acceptors (Lipinski definition) is 4. The largest absolute Gasteiger partial charge is 0.392 e. The van der Waals surface area contributed by atoms with Gasteiger partial charge in [-0.05, 0) is 36.8 Å². The van der Waals surface area contributed by atoms with E-state index in [1.165, 1.54) is 37.4 Å². The summed E-state index contributed by atoms with van der Waals surface area (Å²) in [6.07, 6.45) is 0.395. The fourth-order valence-electron chi connectivity index (χ4n) is 1.63. The summed E-state index contributed by atoms with van der Waals surface area (Å²) in [5.41, 5.74) is 1.11. The smallest absolute Gasteiger partial charge is 0.225 e. The zero-order valence-electron chi connectivity index (χ0n) is 10.2. The summed E-state index contributed by atoms with van der Waals surface area (Å²) >= 11 is 0. The third-order valence-corrected chi connectivity index (χ3v) is 4.18. The number of aromatic nitrogens is 2. The van der Waals surface area contributed by atoms with Crippen molar-refractivity contribution in [2.75, 3.05) is 5.75 Å². The average Bonchev–Trinajstić information content (AvgIpc) is 2.78. The summed E-state index contributed by atoms with van der Waals surface area (Å²) < 4.78 is 36.4. The number of aromatic amines is 1. The van der Waals surface area contributed by atoms with Crippen molar-refractivity contribution in [2.24, 2.45) is 0 Å². The highest BCUT2D eigenvalue weighted by Crippen LogP contribution is 2.19. The molecule has 1 aromatic carbocycles. The number of halogens is 1. The second kappa shape index (κ2) is 5.10. The molecule has 0 saturated heterocycles. The van der Waals surface area contributed by atoms with E-state index in [0.717, 1.165) is 0 Å². The normalized spacial score (nSPS) is 13.4. The zero-order chi connectivity index (χ0) is 14.0. The Morgan fingerprint density at radius 1 is 1.37 bits per heavy atom. The van der Waals surface area contributed by atoms with E-state index >= 15 is 0 Å². The Kier molecular flexibility index (Phi) is 3.68. The number of nitrogens with one attached hydrogen (secondary N) is 1. The minimum absolute atomic E-state index is 0.201. The quantitative estimate of drug-likeness (QED) is 0.888. The highest BCUT2D eigenvalue weighted by Gasteiger charge is 2.21. The molecule has 1 atom stereocenters. The molecule has 1 aromatic heterocycles. The highest BCUT2D eigenvalue weighted by molar-refractivity contribution is 7.91. The first-order valence-electron chi connectivity index (χ1n) is 5.60. The van der Waals surface area contributed by atoms with Crippen LogP contribution in [0, 0.1) is 5.82 Å². The van der Waals surface area contributed by atoms with Gasteiger partial charge in [-0.25, -0.2) is 17.8 Å². The molecule has 2 aromatic rings. The van der Waals surface area contributed by atoms with Gasteiger partial charge in [0, 0.05) is 0 Å². The molecule has 0 spiro atoms. The Morgan fingerprint density at radius 3 is 2.58 bits per heavy atom. The summed E-state index contributed by atoms with van der Waals surface area (Å²) in [6.45, 7) is 1.39. The van der Waals surface area contributed by atoms with Crippen LogP contribution in [0.25, 0.3) is 11.3 Å². The molecule has 2 rings (SSSR count). The molecule has 0 aliphatic heterocycles. The number of H-pyrrole nitrogens is 1. The van der Waals surface area contributed by atoms with E-state index in [0.29, 0.717) is 11.3 Å². The molecule has 2 N–H and O–H groups in total. The van der Waals surface area contributed by atoms with E-state index in [4.69, 9.17) is 5.11 Å². The van der Waals surface area contributed by atoms with Crippen molar-refractivity contribution in [3.8, 4) is 11.3 Å². The first-order valence-corrected chi connectivity index (χ1v) is 7.25. The number of sulfone groups is 1. The minimum atomic E-state index is -3.65. The van der Waals surface area contributed by atoms with Crippen molar-refractivity contribution >= 4 is 9.84 Å². The van der Waals surface area contributed by atoms with Crippen molar-refractivity contribution in [3.63, 3.8) is 0 Å². The fraction of sp³-hybridized carbons (Fsp3) is 0.250. The van der Waals surface area contributed by atoms with Crippen LogP contribution in [0.1, 0.15) is 6.92 Å². The number of rotatable bonds is 4. The van der Waals surface area contributed by atoms with Gasteiger partial charge in [-0.1, -0.05) is 0 Å². The molecule has 1 heterocycles. The SMILES string of the molecule is C[C@H](O)CS(=O)(=O)c1ncc(-c2ccc(F)cc2)[nH]1. The minimum Gasteiger partial charge on any atom is -0.392 e. The van der Waals surface area contributed by atoms with Gasteiger partial charge in [0.1, 0.15) is 5.82 Å². The molecule has 0 bridgehead atoms. The molecule has 19 heavy (non-hydrogen) atoms. The maximum absolute atomic E-state index is 12.8. The van der Waals surface area contributed by atoms with Crippen molar-refractivity contribution < 1.29 is 17.9 Å².